The first kappa shape index (κ1) is 25.3. The molecule has 1 saturated heterocycles. The van der Waals surface area contributed by atoms with Gasteiger partial charge in [-0.1, -0.05) is 54.6 Å². The van der Waals surface area contributed by atoms with Crippen LogP contribution < -0.4 is 5.32 Å². The maximum absolute atomic E-state index is 12.5. The molecule has 0 atom stereocenters. The summed E-state index contributed by atoms with van der Waals surface area (Å²) in [6.07, 6.45) is 3.70. The molecule has 0 radical (unpaired) electrons. The molecule has 1 N–H and O–H groups in total. The maximum atomic E-state index is 12.5. The smallest absolute Gasteiger partial charge is 0.407 e. The van der Waals surface area contributed by atoms with Gasteiger partial charge in [0, 0.05) is 26.1 Å². The Hall–Kier alpha value is -3.35. The molecule has 2 amide bonds. The van der Waals surface area contributed by atoms with Gasteiger partial charge in [-0.2, -0.15) is 0 Å². The molecule has 0 saturated carbocycles. The largest absolute Gasteiger partial charge is 0.469 e. The fourth-order valence-electron chi connectivity index (χ4n) is 4.13. The van der Waals surface area contributed by atoms with E-state index < -0.39 is 6.09 Å². The SMILES string of the molecule is COC(=O)Cc1ccc(C2CCN(C(=O)CCCCNC(=O)OCc3ccccc3)CC2)cc1. The predicted molar refractivity (Wildman–Crippen MR) is 129 cm³/mol. The van der Waals surface area contributed by atoms with E-state index >= 15 is 0 Å². The highest BCUT2D eigenvalue weighted by Crippen LogP contribution is 2.28. The first-order valence-corrected chi connectivity index (χ1v) is 11.9. The minimum absolute atomic E-state index is 0.179. The van der Waals surface area contributed by atoms with Crippen molar-refractivity contribution in [2.75, 3.05) is 26.7 Å². The van der Waals surface area contributed by atoms with Crippen LogP contribution >= 0.6 is 0 Å². The molecule has 1 aliphatic rings. The highest BCUT2D eigenvalue weighted by Gasteiger charge is 2.23. The van der Waals surface area contributed by atoms with Crippen LogP contribution in [0.3, 0.4) is 0 Å². The minimum Gasteiger partial charge on any atom is -0.469 e. The number of hydrogen-bond donors (Lipinski definition) is 1. The summed E-state index contributed by atoms with van der Waals surface area (Å²) in [6.45, 7) is 2.27. The van der Waals surface area contributed by atoms with E-state index in [-0.39, 0.29) is 24.9 Å². The average Bonchev–Trinajstić information content (AvgIpc) is 2.88. The number of methoxy groups -OCH3 is 1. The van der Waals surface area contributed by atoms with Gasteiger partial charge in [-0.05, 0) is 48.3 Å². The number of alkyl carbamates (subject to hydrolysis) is 1. The van der Waals surface area contributed by atoms with Crippen LogP contribution in [0.5, 0.6) is 0 Å². The summed E-state index contributed by atoms with van der Waals surface area (Å²) in [5, 5.41) is 2.74. The van der Waals surface area contributed by atoms with Gasteiger partial charge in [0.1, 0.15) is 6.61 Å². The Labute approximate surface area is 201 Å². The molecule has 2 aromatic rings. The van der Waals surface area contributed by atoms with E-state index in [2.05, 4.69) is 17.4 Å². The molecule has 34 heavy (non-hydrogen) atoms. The first-order valence-electron chi connectivity index (χ1n) is 11.9. The molecular formula is C27H34N2O5. The van der Waals surface area contributed by atoms with E-state index in [0.29, 0.717) is 18.9 Å². The van der Waals surface area contributed by atoms with Crippen LogP contribution in [0.2, 0.25) is 0 Å². The van der Waals surface area contributed by atoms with Gasteiger partial charge < -0.3 is 19.7 Å². The molecule has 182 valence electrons. The summed E-state index contributed by atoms with van der Waals surface area (Å²) in [6, 6.07) is 17.7. The number of nitrogens with zero attached hydrogens (tertiary/aromatic N) is 1. The second-order valence-corrected chi connectivity index (χ2v) is 8.60. The molecule has 3 rings (SSSR count). The molecule has 2 aromatic carbocycles. The quantitative estimate of drug-likeness (QED) is 0.419. The van der Waals surface area contributed by atoms with Crippen LogP contribution in [-0.2, 0) is 32.1 Å². The summed E-state index contributed by atoms with van der Waals surface area (Å²) in [5.41, 5.74) is 3.15. The predicted octanol–water partition coefficient (Wildman–Crippen LogP) is 4.20. The van der Waals surface area contributed by atoms with E-state index in [0.717, 1.165) is 49.9 Å². The van der Waals surface area contributed by atoms with Gasteiger partial charge in [0.15, 0.2) is 0 Å². The number of amides is 2. The van der Waals surface area contributed by atoms with E-state index in [1.165, 1.54) is 12.7 Å². The highest BCUT2D eigenvalue weighted by molar-refractivity contribution is 5.76. The number of esters is 1. The van der Waals surface area contributed by atoms with Crippen molar-refractivity contribution in [3.63, 3.8) is 0 Å². The van der Waals surface area contributed by atoms with Crippen LogP contribution in [0.4, 0.5) is 4.79 Å². The third-order valence-corrected chi connectivity index (χ3v) is 6.17. The Balaban J connectivity index is 1.27. The Bertz CT molecular complexity index is 922. The Morgan fingerprint density at radius 2 is 1.65 bits per heavy atom. The molecule has 7 heteroatoms. The summed E-state index contributed by atoms with van der Waals surface area (Å²) in [4.78, 5) is 37.7. The lowest BCUT2D eigenvalue weighted by molar-refractivity contribution is -0.139. The highest BCUT2D eigenvalue weighted by atomic mass is 16.5. The number of nitrogens with one attached hydrogen (secondary N) is 1. The summed E-state index contributed by atoms with van der Waals surface area (Å²) >= 11 is 0. The fraction of sp³-hybridized carbons (Fsp3) is 0.444. The van der Waals surface area contributed by atoms with Crippen molar-refractivity contribution < 1.29 is 23.9 Å². The molecular weight excluding hydrogens is 432 g/mol. The van der Waals surface area contributed by atoms with E-state index in [1.54, 1.807) is 0 Å². The Kier molecular flexibility index (Phi) is 9.95. The number of ether oxygens (including phenoxy) is 2. The molecule has 0 aliphatic carbocycles. The standard InChI is InChI=1S/C27H34N2O5/c1-33-26(31)19-21-10-12-23(13-11-21)24-14-17-29(18-15-24)25(30)9-5-6-16-28-27(32)34-20-22-7-3-2-4-8-22/h2-4,7-8,10-13,24H,5-6,9,14-20H2,1H3,(H,28,32). The van der Waals surface area contributed by atoms with Crippen molar-refractivity contribution in [2.24, 2.45) is 0 Å². The van der Waals surface area contributed by atoms with Crippen LogP contribution in [-0.4, -0.2) is 49.6 Å². The lowest BCUT2D eigenvalue weighted by Crippen LogP contribution is -2.37. The van der Waals surface area contributed by atoms with Crippen molar-refractivity contribution in [1.82, 2.24) is 10.2 Å². The summed E-state index contributed by atoms with van der Waals surface area (Å²) in [7, 11) is 1.40. The van der Waals surface area contributed by atoms with E-state index in [1.807, 2.05) is 47.4 Å². The van der Waals surface area contributed by atoms with Gasteiger partial charge >= 0.3 is 12.1 Å². The van der Waals surface area contributed by atoms with Gasteiger partial charge in [0.05, 0.1) is 13.5 Å². The van der Waals surface area contributed by atoms with E-state index in [4.69, 9.17) is 9.47 Å². The number of likely N-dealkylation sites (tertiary alicyclic amines) is 1. The van der Waals surface area contributed by atoms with E-state index in [9.17, 15) is 14.4 Å². The van der Waals surface area contributed by atoms with Crippen LogP contribution in [0, 0.1) is 0 Å². The van der Waals surface area contributed by atoms with Gasteiger partial charge in [-0.25, -0.2) is 4.79 Å². The minimum atomic E-state index is -0.435. The Morgan fingerprint density at radius 3 is 2.32 bits per heavy atom. The normalized spacial score (nSPS) is 13.9. The number of carbonyl (C=O) groups excluding carboxylic acids is 3. The van der Waals surface area contributed by atoms with Crippen LogP contribution in [0.25, 0.3) is 0 Å². The number of unbranched alkanes of at least 4 members (excludes halogenated alkanes) is 1. The third-order valence-electron chi connectivity index (χ3n) is 6.17. The molecule has 0 unspecified atom stereocenters. The summed E-state index contributed by atoms with van der Waals surface area (Å²) < 4.78 is 9.89. The Morgan fingerprint density at radius 1 is 0.941 bits per heavy atom. The van der Waals surface area contributed by atoms with Gasteiger partial charge in [-0.3, -0.25) is 9.59 Å². The molecule has 0 spiro atoms. The van der Waals surface area contributed by atoms with Crippen LogP contribution in [0.1, 0.15) is 54.7 Å². The number of rotatable bonds is 10. The molecule has 7 nitrogen and oxygen atoms in total. The lowest BCUT2D eigenvalue weighted by Gasteiger charge is -2.32. The van der Waals surface area contributed by atoms with Gasteiger partial charge in [0.2, 0.25) is 5.91 Å². The first-order chi connectivity index (χ1) is 16.5. The second kappa shape index (κ2) is 13.4. The molecule has 1 heterocycles. The number of hydrogen-bond acceptors (Lipinski definition) is 5. The number of carbonyl (C=O) groups is 3. The summed E-state index contributed by atoms with van der Waals surface area (Å²) in [5.74, 6) is 0.374. The zero-order valence-electron chi connectivity index (χ0n) is 19.8. The van der Waals surface area contributed by atoms with Crippen LogP contribution in [0.15, 0.2) is 54.6 Å². The molecule has 0 bridgehead atoms. The monoisotopic (exact) mass is 466 g/mol. The zero-order valence-corrected chi connectivity index (χ0v) is 19.8. The number of benzene rings is 2. The topological polar surface area (TPSA) is 84.9 Å². The number of piperidine rings is 1. The second-order valence-electron chi connectivity index (χ2n) is 8.60. The lowest BCUT2D eigenvalue weighted by atomic mass is 9.88. The molecule has 1 aliphatic heterocycles. The maximum Gasteiger partial charge on any atom is 0.407 e. The fourth-order valence-corrected chi connectivity index (χ4v) is 4.13. The van der Waals surface area contributed by atoms with Gasteiger partial charge in [0.25, 0.3) is 0 Å². The average molecular weight is 467 g/mol. The van der Waals surface area contributed by atoms with Gasteiger partial charge in [-0.15, -0.1) is 0 Å². The van der Waals surface area contributed by atoms with Crippen molar-refractivity contribution in [3.8, 4) is 0 Å². The molecule has 1 fully saturated rings. The van der Waals surface area contributed by atoms with Crippen molar-refractivity contribution in [2.45, 2.75) is 51.0 Å². The van der Waals surface area contributed by atoms with Crippen molar-refractivity contribution >= 4 is 18.0 Å². The molecule has 0 aromatic heterocycles. The van der Waals surface area contributed by atoms with Crippen molar-refractivity contribution in [1.29, 1.82) is 0 Å². The van der Waals surface area contributed by atoms with Crippen molar-refractivity contribution in [3.05, 3.63) is 71.3 Å². The third kappa shape index (κ3) is 8.21. The zero-order chi connectivity index (χ0) is 24.2.